The van der Waals surface area contributed by atoms with Crippen LogP contribution in [-0.4, -0.2) is 15.9 Å². The fourth-order valence-electron chi connectivity index (χ4n) is 3.24. The van der Waals surface area contributed by atoms with Crippen LogP contribution in [0.2, 0.25) is 0 Å². The van der Waals surface area contributed by atoms with E-state index in [0.29, 0.717) is 5.56 Å². The highest BCUT2D eigenvalue weighted by Gasteiger charge is 2.17. The molecule has 2 aromatic carbocycles. The number of anilines is 1. The Labute approximate surface area is 140 Å². The number of benzene rings is 2. The molecule has 0 bridgehead atoms. The molecule has 4 rings (SSSR count). The Bertz CT molecular complexity index is 1090. The quantitative estimate of drug-likeness (QED) is 0.554. The Morgan fingerprint density at radius 2 is 1.83 bits per heavy atom. The molecule has 24 heavy (non-hydrogen) atoms. The summed E-state index contributed by atoms with van der Waals surface area (Å²) in [6.45, 7) is 3.01. The molecular formula is C20H18N4. The lowest BCUT2D eigenvalue weighted by Crippen LogP contribution is -2.06. The molecule has 0 aliphatic rings. The van der Waals surface area contributed by atoms with Gasteiger partial charge in [-0.05, 0) is 24.6 Å². The van der Waals surface area contributed by atoms with E-state index in [2.05, 4.69) is 34.8 Å². The predicted molar refractivity (Wildman–Crippen MR) is 98.3 cm³/mol. The topological polar surface area (TPSA) is 53.1 Å². The highest BCUT2D eigenvalue weighted by molar-refractivity contribution is 6.02. The van der Waals surface area contributed by atoms with E-state index >= 15 is 0 Å². The Morgan fingerprint density at radius 3 is 2.62 bits per heavy atom. The van der Waals surface area contributed by atoms with Crippen molar-refractivity contribution in [2.75, 3.05) is 11.9 Å². The van der Waals surface area contributed by atoms with Crippen molar-refractivity contribution in [2.24, 2.45) is 0 Å². The molecule has 1 N–H and O–H groups in total. The van der Waals surface area contributed by atoms with Crippen LogP contribution in [0.5, 0.6) is 0 Å². The Balaban J connectivity index is 2.14. The molecule has 0 atom stereocenters. The number of fused-ring (bicyclic) bond motifs is 5. The maximum Gasteiger partial charge on any atom is 0.158 e. The summed E-state index contributed by atoms with van der Waals surface area (Å²) in [6, 6.07) is 18.6. The number of hydrogen-bond acceptors (Lipinski definition) is 3. The second-order valence-electron chi connectivity index (χ2n) is 5.92. The lowest BCUT2D eigenvalue weighted by molar-refractivity contribution is 0.835. The molecule has 0 radical (unpaired) electrons. The molecule has 0 spiro atoms. The molecule has 0 unspecified atom stereocenters. The van der Waals surface area contributed by atoms with E-state index in [1.165, 1.54) is 0 Å². The minimum absolute atomic E-state index is 0.612. The summed E-state index contributed by atoms with van der Waals surface area (Å²) >= 11 is 0. The SMILES string of the molecule is CCCCNc1c(C#N)c2nc3ccccc3n2c2ccccc12. The van der Waals surface area contributed by atoms with E-state index in [1.54, 1.807) is 0 Å². The van der Waals surface area contributed by atoms with Crippen LogP contribution in [0.1, 0.15) is 25.3 Å². The molecule has 0 saturated heterocycles. The van der Waals surface area contributed by atoms with Gasteiger partial charge in [0, 0.05) is 11.9 Å². The molecule has 0 aliphatic carbocycles. The van der Waals surface area contributed by atoms with Crippen LogP contribution in [0.4, 0.5) is 5.69 Å². The lowest BCUT2D eigenvalue weighted by atomic mass is 10.1. The van der Waals surface area contributed by atoms with Crippen molar-refractivity contribution in [1.29, 1.82) is 5.26 Å². The molecular weight excluding hydrogens is 296 g/mol. The zero-order valence-electron chi connectivity index (χ0n) is 13.6. The van der Waals surface area contributed by atoms with Gasteiger partial charge in [-0.15, -0.1) is 0 Å². The second kappa shape index (κ2) is 5.86. The normalized spacial score (nSPS) is 11.2. The summed E-state index contributed by atoms with van der Waals surface area (Å²) in [5.74, 6) is 0. The minimum atomic E-state index is 0.612. The van der Waals surface area contributed by atoms with Gasteiger partial charge in [0.2, 0.25) is 0 Å². The smallest absolute Gasteiger partial charge is 0.158 e. The summed E-state index contributed by atoms with van der Waals surface area (Å²) in [6.07, 6.45) is 2.18. The fourth-order valence-corrected chi connectivity index (χ4v) is 3.24. The third-order valence-corrected chi connectivity index (χ3v) is 4.39. The van der Waals surface area contributed by atoms with E-state index in [-0.39, 0.29) is 0 Å². The van der Waals surface area contributed by atoms with Crippen LogP contribution < -0.4 is 5.32 Å². The Morgan fingerprint density at radius 1 is 1.08 bits per heavy atom. The number of imidazole rings is 1. The zero-order chi connectivity index (χ0) is 16.5. The number of nitrogens with zero attached hydrogens (tertiary/aromatic N) is 3. The lowest BCUT2D eigenvalue weighted by Gasteiger charge is -2.14. The van der Waals surface area contributed by atoms with Crippen LogP contribution in [0.3, 0.4) is 0 Å². The van der Waals surface area contributed by atoms with Crippen LogP contribution in [0.15, 0.2) is 48.5 Å². The van der Waals surface area contributed by atoms with Crippen molar-refractivity contribution >= 4 is 33.3 Å². The maximum atomic E-state index is 9.81. The Kier molecular flexibility index (Phi) is 3.55. The van der Waals surface area contributed by atoms with Gasteiger partial charge in [0.05, 0.1) is 22.2 Å². The average molecular weight is 314 g/mol. The summed E-state index contributed by atoms with van der Waals surface area (Å²) in [5, 5.41) is 14.3. The summed E-state index contributed by atoms with van der Waals surface area (Å²) in [7, 11) is 0. The number of pyridine rings is 1. The predicted octanol–water partition coefficient (Wildman–Crippen LogP) is 4.72. The van der Waals surface area contributed by atoms with Gasteiger partial charge >= 0.3 is 0 Å². The molecule has 4 heteroatoms. The van der Waals surface area contributed by atoms with Crippen LogP contribution in [-0.2, 0) is 0 Å². The first-order valence-electron chi connectivity index (χ1n) is 8.31. The van der Waals surface area contributed by atoms with Crippen molar-refractivity contribution in [3.63, 3.8) is 0 Å². The third-order valence-electron chi connectivity index (χ3n) is 4.39. The van der Waals surface area contributed by atoms with Gasteiger partial charge in [-0.25, -0.2) is 4.98 Å². The van der Waals surface area contributed by atoms with Gasteiger partial charge in [0.1, 0.15) is 11.6 Å². The second-order valence-corrected chi connectivity index (χ2v) is 5.92. The highest BCUT2D eigenvalue weighted by atomic mass is 15.0. The van der Waals surface area contributed by atoms with Gasteiger partial charge in [-0.3, -0.25) is 4.40 Å². The molecule has 0 aliphatic heterocycles. The average Bonchev–Trinajstić information content (AvgIpc) is 3.01. The molecule has 0 fully saturated rings. The Hall–Kier alpha value is -3.06. The number of aromatic nitrogens is 2. The summed E-state index contributed by atoms with van der Waals surface area (Å²) in [4.78, 5) is 4.73. The first-order valence-corrected chi connectivity index (χ1v) is 8.31. The summed E-state index contributed by atoms with van der Waals surface area (Å²) < 4.78 is 2.09. The molecule has 2 aromatic heterocycles. The van der Waals surface area contributed by atoms with Crippen molar-refractivity contribution in [1.82, 2.24) is 9.38 Å². The van der Waals surface area contributed by atoms with Crippen LogP contribution in [0.25, 0.3) is 27.6 Å². The van der Waals surface area contributed by atoms with Crippen molar-refractivity contribution in [3.05, 3.63) is 54.1 Å². The van der Waals surface area contributed by atoms with E-state index < -0.39 is 0 Å². The van der Waals surface area contributed by atoms with Gasteiger partial charge in [0.15, 0.2) is 5.65 Å². The third kappa shape index (κ3) is 2.10. The van der Waals surface area contributed by atoms with Crippen molar-refractivity contribution in [2.45, 2.75) is 19.8 Å². The van der Waals surface area contributed by atoms with Gasteiger partial charge in [0.25, 0.3) is 0 Å². The maximum absolute atomic E-state index is 9.81. The fraction of sp³-hybridized carbons (Fsp3) is 0.200. The van der Waals surface area contributed by atoms with Crippen LogP contribution in [0, 0.1) is 11.3 Å². The van der Waals surface area contributed by atoms with E-state index in [0.717, 1.165) is 52.7 Å². The number of para-hydroxylation sites is 3. The summed E-state index contributed by atoms with van der Waals surface area (Å²) in [5.41, 5.74) is 5.23. The first-order chi connectivity index (χ1) is 11.8. The standard InChI is InChI=1S/C20H18N4/c1-2-3-12-22-19-14-8-4-6-10-17(14)24-18-11-7-5-9-16(18)23-20(24)15(19)13-21/h4-11,22H,2-3,12H2,1H3. The van der Waals surface area contributed by atoms with E-state index in [4.69, 9.17) is 4.98 Å². The first kappa shape index (κ1) is 14.5. The number of nitrogens with one attached hydrogen (secondary N) is 1. The van der Waals surface area contributed by atoms with Crippen molar-refractivity contribution < 1.29 is 0 Å². The van der Waals surface area contributed by atoms with Gasteiger partial charge in [-0.2, -0.15) is 5.26 Å². The minimum Gasteiger partial charge on any atom is -0.383 e. The number of hydrogen-bond donors (Lipinski definition) is 1. The number of rotatable bonds is 4. The highest BCUT2D eigenvalue weighted by Crippen LogP contribution is 2.33. The molecule has 4 aromatic rings. The number of unbranched alkanes of at least 4 members (excludes halogenated alkanes) is 1. The molecule has 118 valence electrons. The zero-order valence-corrected chi connectivity index (χ0v) is 13.6. The monoisotopic (exact) mass is 314 g/mol. The van der Waals surface area contributed by atoms with E-state index in [9.17, 15) is 5.26 Å². The molecule has 4 nitrogen and oxygen atoms in total. The van der Waals surface area contributed by atoms with E-state index in [1.807, 2.05) is 36.4 Å². The van der Waals surface area contributed by atoms with Crippen molar-refractivity contribution in [3.8, 4) is 6.07 Å². The number of nitriles is 1. The largest absolute Gasteiger partial charge is 0.383 e. The van der Waals surface area contributed by atoms with Crippen LogP contribution >= 0.6 is 0 Å². The van der Waals surface area contributed by atoms with Gasteiger partial charge < -0.3 is 5.32 Å². The molecule has 0 saturated carbocycles. The molecule has 0 amide bonds. The molecule has 2 heterocycles. The van der Waals surface area contributed by atoms with Gasteiger partial charge in [-0.1, -0.05) is 43.7 Å².